The lowest BCUT2D eigenvalue weighted by Gasteiger charge is -2.24. The van der Waals surface area contributed by atoms with E-state index < -0.39 is 26.5 Å². The lowest BCUT2D eigenvalue weighted by atomic mass is 10.0. The highest BCUT2D eigenvalue weighted by molar-refractivity contribution is 7.47. The molecule has 0 rings (SSSR count). The first-order chi connectivity index (χ1) is 31.0. The SMILES string of the molecule is CC/C=C\C/C=C\C/C=C\C/C=C\C/C=C\C/C=C\CCCCCCCCCCCCCCCCC(=O)OC(COC(=O)CCCCCCCCC)COP(=O)(O)OCC[N+](C)(C)C. The summed E-state index contributed by atoms with van der Waals surface area (Å²) in [7, 11) is 1.47. The largest absolute Gasteiger partial charge is 0.472 e. The predicted molar refractivity (Wildman–Crippen MR) is 270 cm³/mol. The number of carbonyl (C=O) groups is 2. The molecule has 0 aromatic rings. The van der Waals surface area contributed by atoms with Crippen LogP contribution in [0.4, 0.5) is 0 Å². The molecular weight excluding hydrogens is 822 g/mol. The first-order valence-corrected chi connectivity index (χ1v) is 27.2. The zero-order valence-corrected chi connectivity index (χ0v) is 42.6. The number of phosphoric acid groups is 1. The Kier molecular flexibility index (Phi) is 43.8. The van der Waals surface area contributed by atoms with E-state index in [1.165, 1.54) is 96.3 Å². The summed E-state index contributed by atoms with van der Waals surface area (Å²) in [6, 6.07) is 0. The van der Waals surface area contributed by atoms with Crippen LogP contribution in [0, 0.1) is 0 Å². The second-order valence-electron chi connectivity index (χ2n) is 18.2. The number of ether oxygens (including phenoxy) is 2. The summed E-state index contributed by atoms with van der Waals surface area (Å²) in [5, 5.41) is 0. The first kappa shape index (κ1) is 61.5. The molecule has 2 atom stereocenters. The fourth-order valence-electron chi connectivity index (χ4n) is 6.78. The van der Waals surface area contributed by atoms with E-state index in [1.54, 1.807) is 0 Å². The maximum atomic E-state index is 12.7. The number of rotatable bonds is 46. The van der Waals surface area contributed by atoms with E-state index in [-0.39, 0.29) is 32.0 Å². The summed E-state index contributed by atoms with van der Waals surface area (Å²) < 4.78 is 34.3. The van der Waals surface area contributed by atoms with Gasteiger partial charge in [0.25, 0.3) is 0 Å². The maximum absolute atomic E-state index is 12.7. The van der Waals surface area contributed by atoms with E-state index in [0.717, 1.165) is 77.0 Å². The third-order valence-corrected chi connectivity index (χ3v) is 11.7. The van der Waals surface area contributed by atoms with Crippen molar-refractivity contribution in [1.82, 2.24) is 0 Å². The minimum atomic E-state index is -4.37. The van der Waals surface area contributed by atoms with Crippen molar-refractivity contribution in [2.45, 2.75) is 213 Å². The van der Waals surface area contributed by atoms with E-state index >= 15 is 0 Å². The molecule has 64 heavy (non-hydrogen) atoms. The van der Waals surface area contributed by atoms with Gasteiger partial charge in [0.15, 0.2) is 6.10 Å². The van der Waals surface area contributed by atoms with Gasteiger partial charge in [0.1, 0.15) is 19.8 Å². The number of allylic oxidation sites excluding steroid dienone is 12. The van der Waals surface area contributed by atoms with Gasteiger partial charge in [-0.15, -0.1) is 0 Å². The number of nitrogens with zero attached hydrogens (tertiary/aromatic N) is 1. The Morgan fingerprint density at radius 2 is 0.891 bits per heavy atom. The summed E-state index contributed by atoms with van der Waals surface area (Å²) in [6.07, 6.45) is 58.5. The van der Waals surface area contributed by atoms with Gasteiger partial charge in [-0.1, -0.05) is 202 Å². The minimum Gasteiger partial charge on any atom is -0.462 e. The molecule has 0 saturated carbocycles. The van der Waals surface area contributed by atoms with Gasteiger partial charge in [0.05, 0.1) is 27.7 Å². The van der Waals surface area contributed by atoms with Crippen molar-refractivity contribution < 1.29 is 42.1 Å². The summed E-state index contributed by atoms with van der Waals surface area (Å²) in [5.74, 6) is -0.805. The molecule has 0 radical (unpaired) electrons. The summed E-state index contributed by atoms with van der Waals surface area (Å²) in [4.78, 5) is 35.3. The van der Waals surface area contributed by atoms with Crippen LogP contribution in [0.5, 0.6) is 0 Å². The summed E-state index contributed by atoms with van der Waals surface area (Å²) >= 11 is 0. The van der Waals surface area contributed by atoms with E-state index in [9.17, 15) is 19.0 Å². The van der Waals surface area contributed by atoms with Crippen molar-refractivity contribution in [2.24, 2.45) is 0 Å². The molecule has 0 bridgehead atoms. The monoisotopic (exact) mass is 919 g/mol. The predicted octanol–water partition coefficient (Wildman–Crippen LogP) is 15.4. The average molecular weight is 919 g/mol. The summed E-state index contributed by atoms with van der Waals surface area (Å²) in [5.41, 5.74) is 0. The molecule has 0 aliphatic rings. The molecule has 0 aliphatic carbocycles. The fourth-order valence-corrected chi connectivity index (χ4v) is 7.52. The van der Waals surface area contributed by atoms with Crippen LogP contribution in [0.3, 0.4) is 0 Å². The molecule has 0 aromatic carbocycles. The molecular formula is C54H97NO8P+. The van der Waals surface area contributed by atoms with E-state index in [4.69, 9.17) is 18.5 Å². The third-order valence-electron chi connectivity index (χ3n) is 10.8. The van der Waals surface area contributed by atoms with Crippen molar-refractivity contribution in [3.8, 4) is 0 Å². The van der Waals surface area contributed by atoms with Crippen molar-refractivity contribution in [1.29, 1.82) is 0 Å². The smallest absolute Gasteiger partial charge is 0.462 e. The lowest BCUT2D eigenvalue weighted by Crippen LogP contribution is -2.37. The Labute approximate surface area is 393 Å². The van der Waals surface area contributed by atoms with Crippen LogP contribution in [0.15, 0.2) is 72.9 Å². The second-order valence-corrected chi connectivity index (χ2v) is 19.6. The van der Waals surface area contributed by atoms with Crippen molar-refractivity contribution >= 4 is 19.8 Å². The van der Waals surface area contributed by atoms with Crippen LogP contribution in [0.2, 0.25) is 0 Å². The normalized spacial score (nSPS) is 14.0. The van der Waals surface area contributed by atoms with Gasteiger partial charge in [0.2, 0.25) is 0 Å². The van der Waals surface area contributed by atoms with Gasteiger partial charge in [0, 0.05) is 12.8 Å². The number of esters is 2. The molecule has 0 heterocycles. The van der Waals surface area contributed by atoms with Crippen LogP contribution in [0.1, 0.15) is 206 Å². The Bertz CT molecular complexity index is 1310. The van der Waals surface area contributed by atoms with Gasteiger partial charge < -0.3 is 18.9 Å². The lowest BCUT2D eigenvalue weighted by molar-refractivity contribution is -0.870. The van der Waals surface area contributed by atoms with Gasteiger partial charge in [-0.25, -0.2) is 4.57 Å². The highest BCUT2D eigenvalue weighted by Crippen LogP contribution is 2.43. The van der Waals surface area contributed by atoms with Crippen LogP contribution in [-0.2, 0) is 32.7 Å². The van der Waals surface area contributed by atoms with Gasteiger partial charge in [-0.2, -0.15) is 0 Å². The zero-order valence-electron chi connectivity index (χ0n) is 41.7. The molecule has 370 valence electrons. The van der Waals surface area contributed by atoms with Crippen molar-refractivity contribution in [3.05, 3.63) is 72.9 Å². The third kappa shape index (κ3) is 48.9. The van der Waals surface area contributed by atoms with Crippen LogP contribution < -0.4 is 0 Å². The van der Waals surface area contributed by atoms with Crippen LogP contribution in [0.25, 0.3) is 0 Å². The van der Waals surface area contributed by atoms with Gasteiger partial charge in [-0.05, 0) is 64.2 Å². The fraction of sp³-hybridized carbons (Fsp3) is 0.741. The number of phosphoric ester groups is 1. The molecule has 9 nitrogen and oxygen atoms in total. The number of hydrogen-bond donors (Lipinski definition) is 1. The second kappa shape index (κ2) is 45.6. The Morgan fingerprint density at radius 1 is 0.500 bits per heavy atom. The highest BCUT2D eigenvalue weighted by Gasteiger charge is 2.27. The minimum absolute atomic E-state index is 0.0307. The molecule has 0 spiro atoms. The molecule has 2 unspecified atom stereocenters. The standard InChI is InChI=1S/C54H96NO8P/c1-6-8-10-12-14-15-16-17-18-19-20-21-22-23-24-25-26-27-28-29-30-31-32-33-34-35-36-37-38-39-41-43-45-47-54(57)63-52(51-62-64(58,59)61-49-48-55(3,4)5)50-60-53(56)46-44-42-40-13-11-9-7-2/h8,10,14-15,17-18,20-21,23-24,26-27,52H,6-7,9,11-13,16,19,22,25,28-51H2,1-5H3/p+1/b10-8-,15-14-,18-17-,21-20-,24-23-,27-26-. The maximum Gasteiger partial charge on any atom is 0.472 e. The number of quaternary nitrogens is 1. The zero-order chi connectivity index (χ0) is 47.1. The number of hydrogen-bond acceptors (Lipinski definition) is 7. The van der Waals surface area contributed by atoms with E-state index in [0.29, 0.717) is 17.4 Å². The number of unbranched alkanes of at least 4 members (excludes halogenated alkanes) is 20. The summed E-state index contributed by atoms with van der Waals surface area (Å²) in [6.45, 7) is 4.26. The van der Waals surface area contributed by atoms with Crippen LogP contribution >= 0.6 is 7.82 Å². The van der Waals surface area contributed by atoms with E-state index in [1.807, 2.05) is 21.1 Å². The molecule has 1 N–H and O–H groups in total. The van der Waals surface area contributed by atoms with Gasteiger partial charge in [-0.3, -0.25) is 18.6 Å². The van der Waals surface area contributed by atoms with Crippen molar-refractivity contribution in [3.63, 3.8) is 0 Å². The Morgan fingerprint density at radius 3 is 1.33 bits per heavy atom. The quantitative estimate of drug-likeness (QED) is 0.0211. The average Bonchev–Trinajstić information content (AvgIpc) is 3.25. The Hall–Kier alpha value is -2.55. The number of likely N-dealkylation sites (N-methyl/N-ethyl adjacent to an activating group) is 1. The number of carbonyl (C=O) groups excluding carboxylic acids is 2. The van der Waals surface area contributed by atoms with Crippen LogP contribution in [-0.4, -0.2) is 74.9 Å². The molecule has 0 amide bonds. The molecule has 0 aliphatic heterocycles. The molecule has 0 saturated heterocycles. The molecule has 0 fully saturated rings. The molecule has 10 heteroatoms. The first-order valence-electron chi connectivity index (χ1n) is 25.7. The van der Waals surface area contributed by atoms with Crippen molar-refractivity contribution in [2.75, 3.05) is 47.5 Å². The molecule has 0 aromatic heterocycles. The highest BCUT2D eigenvalue weighted by atomic mass is 31.2. The Balaban J connectivity index is 3.98. The van der Waals surface area contributed by atoms with E-state index in [2.05, 4.69) is 86.8 Å². The van der Waals surface area contributed by atoms with Gasteiger partial charge >= 0.3 is 19.8 Å². The topological polar surface area (TPSA) is 108 Å².